The van der Waals surface area contributed by atoms with Crippen LogP contribution >= 0.6 is 23.5 Å². The molecule has 1 heterocycles. The van der Waals surface area contributed by atoms with Crippen LogP contribution in [0, 0.1) is 10.1 Å². The summed E-state index contributed by atoms with van der Waals surface area (Å²) in [5.41, 5.74) is 0.413. The number of ketones is 1. The van der Waals surface area contributed by atoms with E-state index in [0.29, 0.717) is 23.0 Å². The van der Waals surface area contributed by atoms with Gasteiger partial charge in [0.15, 0.2) is 10.9 Å². The molecule has 0 saturated heterocycles. The standard InChI is InChI=1S/C19H18N4O3S2/c1-2-22-18(13-27-16-6-4-3-5-7-16)20-21-19(22)28-12-17(24)14-8-10-15(11-9-14)23(25)26/h3-11H,2,12-13H2,1H3. The molecule has 0 N–H and O–H groups in total. The van der Waals surface area contributed by atoms with Crippen molar-refractivity contribution in [1.82, 2.24) is 14.8 Å². The molecule has 0 aliphatic rings. The van der Waals surface area contributed by atoms with E-state index in [1.54, 1.807) is 11.8 Å². The Labute approximate surface area is 170 Å². The first kappa shape index (κ1) is 20.1. The van der Waals surface area contributed by atoms with E-state index in [1.165, 1.54) is 36.0 Å². The second-order valence-electron chi connectivity index (χ2n) is 5.76. The maximum atomic E-state index is 12.4. The molecule has 0 amide bonds. The van der Waals surface area contributed by atoms with Crippen LogP contribution in [-0.4, -0.2) is 31.2 Å². The van der Waals surface area contributed by atoms with Gasteiger partial charge in [0.2, 0.25) is 0 Å². The zero-order valence-electron chi connectivity index (χ0n) is 15.1. The zero-order valence-corrected chi connectivity index (χ0v) is 16.8. The van der Waals surface area contributed by atoms with Crippen LogP contribution in [-0.2, 0) is 12.3 Å². The van der Waals surface area contributed by atoms with E-state index < -0.39 is 4.92 Å². The lowest BCUT2D eigenvalue weighted by Gasteiger charge is -2.07. The number of carbonyl (C=O) groups is 1. The van der Waals surface area contributed by atoms with E-state index in [2.05, 4.69) is 22.3 Å². The van der Waals surface area contributed by atoms with Crippen LogP contribution in [0.5, 0.6) is 0 Å². The average molecular weight is 415 g/mol. The van der Waals surface area contributed by atoms with E-state index in [9.17, 15) is 14.9 Å². The smallest absolute Gasteiger partial charge is 0.269 e. The molecule has 0 aliphatic carbocycles. The van der Waals surface area contributed by atoms with E-state index in [-0.39, 0.29) is 17.2 Å². The molecule has 0 spiro atoms. The number of hydrogen-bond donors (Lipinski definition) is 0. The molecule has 9 heteroatoms. The van der Waals surface area contributed by atoms with Crippen LogP contribution < -0.4 is 0 Å². The molecular formula is C19H18N4O3S2. The number of Topliss-reactive ketones (excluding diaryl/α,β-unsaturated/α-hetero) is 1. The quantitative estimate of drug-likeness (QED) is 0.221. The molecule has 0 saturated carbocycles. The minimum absolute atomic E-state index is 0.0320. The first-order valence-corrected chi connectivity index (χ1v) is 10.6. The van der Waals surface area contributed by atoms with Crippen molar-refractivity contribution in [3.63, 3.8) is 0 Å². The third-order valence-corrected chi connectivity index (χ3v) is 5.93. The number of hydrogen-bond acceptors (Lipinski definition) is 7. The van der Waals surface area contributed by atoms with Crippen molar-refractivity contribution in [2.45, 2.75) is 29.3 Å². The Bertz CT molecular complexity index is 959. The number of rotatable bonds is 9. The molecule has 7 nitrogen and oxygen atoms in total. The molecule has 0 aliphatic heterocycles. The molecule has 1 aromatic heterocycles. The second-order valence-corrected chi connectivity index (χ2v) is 7.75. The summed E-state index contributed by atoms with van der Waals surface area (Å²) in [6.45, 7) is 2.73. The average Bonchev–Trinajstić information content (AvgIpc) is 3.13. The number of nitrogens with zero attached hydrogens (tertiary/aromatic N) is 4. The lowest BCUT2D eigenvalue weighted by molar-refractivity contribution is -0.384. The highest BCUT2D eigenvalue weighted by Gasteiger charge is 2.15. The summed E-state index contributed by atoms with van der Waals surface area (Å²) in [4.78, 5) is 23.7. The Morgan fingerprint density at radius 1 is 1.07 bits per heavy atom. The van der Waals surface area contributed by atoms with Gasteiger partial charge < -0.3 is 4.57 Å². The highest BCUT2D eigenvalue weighted by atomic mass is 32.2. The van der Waals surface area contributed by atoms with Crippen LogP contribution in [0.1, 0.15) is 23.1 Å². The maximum Gasteiger partial charge on any atom is 0.269 e. The van der Waals surface area contributed by atoms with Crippen LogP contribution in [0.3, 0.4) is 0 Å². The molecule has 2 aromatic carbocycles. The van der Waals surface area contributed by atoms with Crippen molar-refractivity contribution in [1.29, 1.82) is 0 Å². The number of thioether (sulfide) groups is 2. The summed E-state index contributed by atoms with van der Waals surface area (Å²) in [6, 6.07) is 15.7. The van der Waals surface area contributed by atoms with Crippen molar-refractivity contribution in [3.05, 3.63) is 76.1 Å². The Kier molecular flexibility index (Phi) is 6.83. The van der Waals surface area contributed by atoms with Crippen LogP contribution in [0.15, 0.2) is 64.6 Å². The third-order valence-electron chi connectivity index (χ3n) is 3.95. The SMILES string of the molecule is CCn1c(CSc2ccccc2)nnc1SCC(=O)c1ccc([N+](=O)[O-])cc1. The molecule has 0 unspecified atom stereocenters. The van der Waals surface area contributed by atoms with Crippen LogP contribution in [0.2, 0.25) is 0 Å². The van der Waals surface area contributed by atoms with Gasteiger partial charge in [-0.25, -0.2) is 0 Å². The van der Waals surface area contributed by atoms with Gasteiger partial charge in [-0.3, -0.25) is 14.9 Å². The Balaban J connectivity index is 1.61. The maximum absolute atomic E-state index is 12.4. The van der Waals surface area contributed by atoms with E-state index in [4.69, 9.17) is 0 Å². The van der Waals surface area contributed by atoms with Gasteiger partial charge in [0.1, 0.15) is 5.82 Å². The molecule has 0 bridgehead atoms. The van der Waals surface area contributed by atoms with Crippen molar-refractivity contribution < 1.29 is 9.72 Å². The lowest BCUT2D eigenvalue weighted by atomic mass is 10.1. The van der Waals surface area contributed by atoms with Gasteiger partial charge in [-0.2, -0.15) is 0 Å². The number of non-ortho nitro benzene ring substituents is 1. The normalized spacial score (nSPS) is 10.8. The second kappa shape index (κ2) is 9.52. The van der Waals surface area contributed by atoms with E-state index in [0.717, 1.165) is 10.7 Å². The molecule has 3 rings (SSSR count). The summed E-state index contributed by atoms with van der Waals surface area (Å²) in [5, 5.41) is 19.9. The minimum Gasteiger partial charge on any atom is -0.306 e. The zero-order chi connectivity index (χ0) is 19.9. The number of nitro groups is 1. The predicted octanol–water partition coefficient (Wildman–Crippen LogP) is 4.47. The summed E-state index contributed by atoms with van der Waals surface area (Å²) >= 11 is 3.01. The summed E-state index contributed by atoms with van der Waals surface area (Å²) in [5.74, 6) is 1.65. The Morgan fingerprint density at radius 3 is 2.43 bits per heavy atom. The van der Waals surface area contributed by atoms with E-state index in [1.807, 2.05) is 29.7 Å². The first-order chi connectivity index (χ1) is 13.6. The predicted molar refractivity (Wildman–Crippen MR) is 110 cm³/mol. The summed E-state index contributed by atoms with van der Waals surface area (Å²) < 4.78 is 2.00. The fourth-order valence-electron chi connectivity index (χ4n) is 2.50. The van der Waals surface area contributed by atoms with Crippen molar-refractivity contribution in [3.8, 4) is 0 Å². The number of carbonyl (C=O) groups excluding carboxylic acids is 1. The summed E-state index contributed by atoms with van der Waals surface area (Å²) in [6.07, 6.45) is 0. The fraction of sp³-hybridized carbons (Fsp3) is 0.211. The van der Waals surface area contributed by atoms with Gasteiger partial charge >= 0.3 is 0 Å². The van der Waals surface area contributed by atoms with Crippen molar-refractivity contribution in [2.75, 3.05) is 5.75 Å². The van der Waals surface area contributed by atoms with Crippen LogP contribution in [0.25, 0.3) is 0 Å². The van der Waals surface area contributed by atoms with Gasteiger partial charge in [-0.1, -0.05) is 30.0 Å². The summed E-state index contributed by atoms with van der Waals surface area (Å²) in [7, 11) is 0. The van der Waals surface area contributed by atoms with Gasteiger partial charge in [-0.05, 0) is 31.2 Å². The molecular weight excluding hydrogens is 396 g/mol. The van der Waals surface area contributed by atoms with Gasteiger partial charge in [0.05, 0.1) is 16.4 Å². The third kappa shape index (κ3) is 4.99. The van der Waals surface area contributed by atoms with Gasteiger partial charge in [0.25, 0.3) is 5.69 Å². The number of nitro benzene ring substituents is 1. The highest BCUT2D eigenvalue weighted by Crippen LogP contribution is 2.25. The van der Waals surface area contributed by atoms with Gasteiger partial charge in [0, 0.05) is 29.1 Å². The number of aromatic nitrogens is 3. The topological polar surface area (TPSA) is 90.9 Å². The van der Waals surface area contributed by atoms with E-state index >= 15 is 0 Å². The van der Waals surface area contributed by atoms with Crippen molar-refractivity contribution >= 4 is 35.0 Å². The largest absolute Gasteiger partial charge is 0.306 e. The molecule has 144 valence electrons. The Hall–Kier alpha value is -2.65. The molecule has 0 atom stereocenters. The van der Waals surface area contributed by atoms with Gasteiger partial charge in [-0.15, -0.1) is 22.0 Å². The monoisotopic (exact) mass is 414 g/mol. The molecule has 0 radical (unpaired) electrons. The minimum atomic E-state index is -0.484. The molecule has 0 fully saturated rings. The fourth-order valence-corrected chi connectivity index (χ4v) is 4.27. The molecule has 28 heavy (non-hydrogen) atoms. The lowest BCUT2D eigenvalue weighted by Crippen LogP contribution is -2.06. The highest BCUT2D eigenvalue weighted by molar-refractivity contribution is 7.99. The first-order valence-electron chi connectivity index (χ1n) is 8.59. The Morgan fingerprint density at radius 2 is 1.79 bits per heavy atom. The van der Waals surface area contributed by atoms with Crippen molar-refractivity contribution in [2.24, 2.45) is 0 Å². The number of benzene rings is 2. The van der Waals surface area contributed by atoms with Crippen LogP contribution in [0.4, 0.5) is 5.69 Å². The molecule has 3 aromatic rings.